The van der Waals surface area contributed by atoms with E-state index in [0.29, 0.717) is 17.3 Å². The molecular formula is C17H23N5O2. The minimum atomic E-state index is -0.731. The van der Waals surface area contributed by atoms with Gasteiger partial charge in [-0.05, 0) is 46.8 Å². The van der Waals surface area contributed by atoms with Crippen molar-refractivity contribution in [3.63, 3.8) is 0 Å². The fourth-order valence-corrected chi connectivity index (χ4v) is 2.73. The van der Waals surface area contributed by atoms with Crippen molar-refractivity contribution in [1.29, 1.82) is 0 Å². The van der Waals surface area contributed by atoms with Gasteiger partial charge < -0.3 is 10.2 Å². The number of para-hydroxylation sites is 2. The van der Waals surface area contributed by atoms with E-state index in [9.17, 15) is 9.59 Å². The summed E-state index contributed by atoms with van der Waals surface area (Å²) in [5.41, 5.74) is 0.182. The number of hydrogen-bond acceptors (Lipinski definition) is 3. The Balaban J connectivity index is 2.15. The van der Waals surface area contributed by atoms with Crippen molar-refractivity contribution in [2.75, 3.05) is 16.8 Å². The average Bonchev–Trinajstić information content (AvgIpc) is 2.76. The molecule has 0 aromatic heterocycles. The van der Waals surface area contributed by atoms with Gasteiger partial charge in [0.1, 0.15) is 5.66 Å². The Morgan fingerprint density at radius 2 is 1.75 bits per heavy atom. The van der Waals surface area contributed by atoms with Crippen LogP contribution in [0, 0.1) is 0 Å². The highest BCUT2D eigenvalue weighted by Gasteiger charge is 2.48. The molecule has 7 heteroatoms. The van der Waals surface area contributed by atoms with Crippen molar-refractivity contribution < 1.29 is 9.59 Å². The largest absolute Gasteiger partial charge is 0.333 e. The van der Waals surface area contributed by atoms with Crippen LogP contribution in [-0.2, 0) is 0 Å². The summed E-state index contributed by atoms with van der Waals surface area (Å²) in [6.07, 6.45) is 0. The molecule has 0 unspecified atom stereocenters. The Hall–Kier alpha value is -2.57. The maximum absolute atomic E-state index is 12.9. The molecule has 2 aliphatic heterocycles. The lowest BCUT2D eigenvalue weighted by Crippen LogP contribution is -2.61. The lowest BCUT2D eigenvalue weighted by atomic mass is 10.1. The molecule has 0 fully saturated rings. The van der Waals surface area contributed by atoms with Crippen molar-refractivity contribution in [2.24, 2.45) is 4.99 Å². The molecule has 4 amide bonds. The Labute approximate surface area is 141 Å². The quantitative estimate of drug-likeness (QED) is 0.795. The van der Waals surface area contributed by atoms with Crippen LogP contribution in [0.2, 0.25) is 0 Å². The molecule has 0 saturated heterocycles. The van der Waals surface area contributed by atoms with Gasteiger partial charge in [0.25, 0.3) is 0 Å². The molecule has 0 saturated carbocycles. The van der Waals surface area contributed by atoms with Gasteiger partial charge >= 0.3 is 12.1 Å². The molecule has 1 aromatic carbocycles. The van der Waals surface area contributed by atoms with Gasteiger partial charge in [0.2, 0.25) is 5.96 Å². The zero-order chi connectivity index (χ0) is 17.9. The lowest BCUT2D eigenvalue weighted by molar-refractivity contribution is 0.164. The molecule has 24 heavy (non-hydrogen) atoms. The van der Waals surface area contributed by atoms with Crippen LogP contribution in [0.1, 0.15) is 34.6 Å². The second-order valence-corrected chi connectivity index (χ2v) is 7.59. The van der Waals surface area contributed by atoms with Crippen molar-refractivity contribution >= 4 is 29.4 Å². The van der Waals surface area contributed by atoms with Crippen LogP contribution in [0.25, 0.3) is 0 Å². The molecule has 7 nitrogen and oxygen atoms in total. The predicted molar refractivity (Wildman–Crippen MR) is 94.4 cm³/mol. The van der Waals surface area contributed by atoms with Gasteiger partial charge in [0.15, 0.2) is 0 Å². The van der Waals surface area contributed by atoms with E-state index in [1.165, 1.54) is 9.80 Å². The molecule has 0 radical (unpaired) electrons. The highest BCUT2D eigenvalue weighted by molar-refractivity contribution is 6.35. The van der Waals surface area contributed by atoms with Crippen LogP contribution in [-0.4, -0.2) is 41.2 Å². The van der Waals surface area contributed by atoms with E-state index in [-0.39, 0.29) is 12.1 Å². The molecule has 0 atom stereocenters. The summed E-state index contributed by atoms with van der Waals surface area (Å²) in [7, 11) is 1.71. The first-order valence-corrected chi connectivity index (χ1v) is 7.92. The summed E-state index contributed by atoms with van der Waals surface area (Å²) in [5.74, 6) is 0.339. The number of anilines is 2. The van der Waals surface area contributed by atoms with Crippen molar-refractivity contribution in [2.45, 2.75) is 45.8 Å². The molecule has 3 rings (SSSR count). The van der Waals surface area contributed by atoms with E-state index in [1.54, 1.807) is 11.9 Å². The fourth-order valence-electron chi connectivity index (χ4n) is 2.73. The van der Waals surface area contributed by atoms with Crippen LogP contribution >= 0.6 is 0 Å². The van der Waals surface area contributed by atoms with Crippen LogP contribution in [0.15, 0.2) is 29.3 Å². The van der Waals surface area contributed by atoms with E-state index >= 15 is 0 Å². The van der Waals surface area contributed by atoms with Crippen LogP contribution in [0.4, 0.5) is 21.0 Å². The van der Waals surface area contributed by atoms with Crippen molar-refractivity contribution in [3.8, 4) is 0 Å². The Kier molecular flexibility index (Phi) is 3.37. The van der Waals surface area contributed by atoms with Gasteiger partial charge in [-0.3, -0.25) is 0 Å². The van der Waals surface area contributed by atoms with Crippen molar-refractivity contribution in [1.82, 2.24) is 10.2 Å². The number of carbonyl (C=O) groups is 2. The summed E-state index contributed by atoms with van der Waals surface area (Å²) in [6.45, 7) is 9.43. The standard InChI is InChI=1S/C17H23N5O2/c1-16(2,3)19-14(23)21-11-9-7-8-10-12(11)22-13(21)18-17(4,5)20(6)15(22)24/h7-10H,1-6H3,(H,19,23). The average molecular weight is 329 g/mol. The molecular weight excluding hydrogens is 306 g/mol. The maximum atomic E-state index is 12.9. The number of aliphatic imine (C=N–C) groups is 1. The Bertz CT molecular complexity index is 748. The molecule has 0 spiro atoms. The Morgan fingerprint density at radius 3 is 2.33 bits per heavy atom. The van der Waals surface area contributed by atoms with Crippen LogP contribution in [0.3, 0.4) is 0 Å². The SMILES string of the molecule is CN1C(=O)N2C(=NC1(C)C)N(C(=O)NC(C)(C)C)c1ccccc12. The number of urea groups is 2. The zero-order valence-electron chi connectivity index (χ0n) is 14.9. The third-order valence-electron chi connectivity index (χ3n) is 4.12. The van der Waals surface area contributed by atoms with Gasteiger partial charge in [0.05, 0.1) is 11.4 Å². The Morgan fingerprint density at radius 1 is 1.17 bits per heavy atom. The number of guanidine groups is 1. The second kappa shape index (κ2) is 4.96. The predicted octanol–water partition coefficient (Wildman–Crippen LogP) is 2.98. The van der Waals surface area contributed by atoms with E-state index in [2.05, 4.69) is 10.3 Å². The first kappa shape index (κ1) is 16.3. The normalized spacial score (nSPS) is 19.0. The summed E-state index contributed by atoms with van der Waals surface area (Å²) >= 11 is 0. The summed E-state index contributed by atoms with van der Waals surface area (Å²) < 4.78 is 0. The van der Waals surface area contributed by atoms with E-state index < -0.39 is 11.2 Å². The third kappa shape index (κ3) is 2.40. The van der Waals surface area contributed by atoms with Gasteiger partial charge in [0, 0.05) is 12.6 Å². The van der Waals surface area contributed by atoms with Crippen LogP contribution in [0.5, 0.6) is 0 Å². The summed E-state index contributed by atoms with van der Waals surface area (Å²) in [4.78, 5) is 34.9. The maximum Gasteiger partial charge on any atom is 0.333 e. The monoisotopic (exact) mass is 329 g/mol. The smallest absolute Gasteiger partial charge is 0.333 e. The molecule has 1 N–H and O–H groups in total. The highest BCUT2D eigenvalue weighted by Crippen LogP contribution is 2.41. The number of fused-ring (bicyclic) bond motifs is 3. The minimum absolute atomic E-state index is 0.205. The number of nitrogens with one attached hydrogen (secondary N) is 1. The van der Waals surface area contributed by atoms with Crippen LogP contribution < -0.4 is 15.1 Å². The number of benzene rings is 1. The first-order chi connectivity index (χ1) is 11.0. The van der Waals surface area contributed by atoms with Gasteiger partial charge in [-0.15, -0.1) is 0 Å². The number of carbonyl (C=O) groups excluding carboxylic acids is 2. The van der Waals surface area contributed by atoms with Crippen molar-refractivity contribution in [3.05, 3.63) is 24.3 Å². The van der Waals surface area contributed by atoms with E-state index in [1.807, 2.05) is 58.9 Å². The number of amides is 4. The van der Waals surface area contributed by atoms with Gasteiger partial charge in [-0.2, -0.15) is 0 Å². The molecule has 0 aliphatic carbocycles. The zero-order valence-corrected chi connectivity index (χ0v) is 14.9. The number of rotatable bonds is 0. The number of nitrogens with zero attached hydrogens (tertiary/aromatic N) is 4. The molecule has 1 aromatic rings. The fraction of sp³-hybridized carbons (Fsp3) is 0.471. The minimum Gasteiger partial charge on any atom is -0.333 e. The van der Waals surface area contributed by atoms with E-state index in [0.717, 1.165) is 0 Å². The summed E-state index contributed by atoms with van der Waals surface area (Å²) in [6, 6.07) is 6.81. The first-order valence-electron chi connectivity index (χ1n) is 7.92. The number of hydrogen-bond donors (Lipinski definition) is 1. The second-order valence-electron chi connectivity index (χ2n) is 7.59. The topological polar surface area (TPSA) is 68.2 Å². The van der Waals surface area contributed by atoms with Gasteiger partial charge in [-0.25, -0.2) is 24.4 Å². The molecule has 2 heterocycles. The summed E-state index contributed by atoms with van der Waals surface area (Å²) in [5, 5.41) is 2.94. The molecule has 2 aliphatic rings. The van der Waals surface area contributed by atoms with E-state index in [4.69, 9.17) is 0 Å². The van der Waals surface area contributed by atoms with Gasteiger partial charge in [-0.1, -0.05) is 12.1 Å². The molecule has 128 valence electrons. The third-order valence-corrected chi connectivity index (χ3v) is 4.12. The molecule has 0 bridgehead atoms. The lowest BCUT2D eigenvalue weighted by Gasteiger charge is -2.40. The highest BCUT2D eigenvalue weighted by atomic mass is 16.2.